The van der Waals surface area contributed by atoms with Gasteiger partial charge in [-0.25, -0.2) is 4.98 Å². The highest BCUT2D eigenvalue weighted by Gasteiger charge is 2.25. The second-order valence-corrected chi connectivity index (χ2v) is 4.95. The molecule has 1 fully saturated rings. The van der Waals surface area contributed by atoms with Gasteiger partial charge in [-0.05, 0) is 26.1 Å². The molecule has 0 spiro atoms. The van der Waals surface area contributed by atoms with Crippen LogP contribution in [0.2, 0.25) is 0 Å². The summed E-state index contributed by atoms with van der Waals surface area (Å²) in [4.78, 5) is 10.6. The van der Waals surface area contributed by atoms with Gasteiger partial charge in [0, 0.05) is 18.7 Å². The molecule has 0 bridgehead atoms. The van der Waals surface area contributed by atoms with E-state index in [1.807, 2.05) is 6.26 Å². The Hall–Kier alpha value is -1.01. The minimum atomic E-state index is 0.454. The van der Waals surface area contributed by atoms with E-state index in [9.17, 15) is 0 Å². The lowest BCUT2D eigenvalue weighted by molar-refractivity contribution is 0.225. The zero-order chi connectivity index (χ0) is 12.3. The van der Waals surface area contributed by atoms with Gasteiger partial charge in [-0.1, -0.05) is 11.8 Å². The predicted octanol–water partition coefficient (Wildman–Crippen LogP) is 1.25. The Labute approximate surface area is 106 Å². The van der Waals surface area contributed by atoms with Crippen LogP contribution in [0, 0.1) is 0 Å². The van der Waals surface area contributed by atoms with Gasteiger partial charge >= 0.3 is 0 Å². The van der Waals surface area contributed by atoms with Gasteiger partial charge < -0.3 is 15.4 Å². The Kier molecular flexibility index (Phi) is 4.06. The van der Waals surface area contributed by atoms with Crippen LogP contribution in [-0.2, 0) is 0 Å². The lowest BCUT2D eigenvalue weighted by atomic mass is 10.5. The number of hydrogen-bond acceptors (Lipinski definition) is 6. The molecule has 1 aliphatic rings. The van der Waals surface area contributed by atoms with Gasteiger partial charge in [0.2, 0.25) is 5.88 Å². The average Bonchev–Trinajstić information content (AvgIpc) is 3.12. The van der Waals surface area contributed by atoms with Crippen molar-refractivity contribution in [3.05, 3.63) is 6.07 Å². The fourth-order valence-corrected chi connectivity index (χ4v) is 1.96. The second-order valence-electron chi connectivity index (χ2n) is 4.18. The highest BCUT2D eigenvalue weighted by atomic mass is 32.2. The summed E-state index contributed by atoms with van der Waals surface area (Å²) in [6.45, 7) is 1.56. The number of hydrogen-bond donors (Lipinski definition) is 1. The molecule has 0 aliphatic heterocycles. The highest BCUT2D eigenvalue weighted by Crippen LogP contribution is 2.25. The molecular weight excluding hydrogens is 236 g/mol. The van der Waals surface area contributed by atoms with E-state index in [1.54, 1.807) is 6.07 Å². The zero-order valence-corrected chi connectivity index (χ0v) is 11.0. The number of likely N-dealkylation sites (N-methyl/N-ethyl adjacent to an activating group) is 1. The molecule has 1 aliphatic carbocycles. The summed E-state index contributed by atoms with van der Waals surface area (Å²) in [5, 5.41) is 0.649. The van der Waals surface area contributed by atoms with Crippen LogP contribution in [-0.4, -0.2) is 47.4 Å². The van der Waals surface area contributed by atoms with Crippen LogP contribution >= 0.6 is 11.8 Å². The summed E-state index contributed by atoms with van der Waals surface area (Å²) < 4.78 is 5.59. The first-order valence-electron chi connectivity index (χ1n) is 5.70. The highest BCUT2D eigenvalue weighted by molar-refractivity contribution is 7.98. The Morgan fingerprint density at radius 3 is 2.94 bits per heavy atom. The smallest absolute Gasteiger partial charge is 0.219 e. The van der Waals surface area contributed by atoms with Crippen LogP contribution in [0.1, 0.15) is 12.8 Å². The van der Waals surface area contributed by atoms with Crippen molar-refractivity contribution in [1.29, 1.82) is 0 Å². The third kappa shape index (κ3) is 3.74. The number of ether oxygens (including phenoxy) is 1. The van der Waals surface area contributed by atoms with Gasteiger partial charge in [0.25, 0.3) is 0 Å². The molecule has 2 N–H and O–H groups in total. The van der Waals surface area contributed by atoms with Crippen molar-refractivity contribution in [1.82, 2.24) is 14.9 Å². The molecule has 94 valence electrons. The Morgan fingerprint density at radius 2 is 2.29 bits per heavy atom. The number of nitrogens with two attached hydrogens (primary N) is 1. The Morgan fingerprint density at radius 1 is 1.53 bits per heavy atom. The van der Waals surface area contributed by atoms with Gasteiger partial charge in [0.15, 0.2) is 5.16 Å². The van der Waals surface area contributed by atoms with E-state index in [1.165, 1.54) is 24.6 Å². The van der Waals surface area contributed by atoms with Crippen LogP contribution < -0.4 is 10.5 Å². The average molecular weight is 254 g/mol. The van der Waals surface area contributed by atoms with Crippen LogP contribution in [0.4, 0.5) is 5.82 Å². The SMILES string of the molecule is CSc1nc(N)cc(OCCN(C)C2CC2)n1. The summed E-state index contributed by atoms with van der Waals surface area (Å²) >= 11 is 1.46. The number of thioether (sulfide) groups is 1. The van der Waals surface area contributed by atoms with Crippen LogP contribution in [0.5, 0.6) is 5.88 Å². The molecule has 0 aromatic carbocycles. The molecule has 17 heavy (non-hydrogen) atoms. The second kappa shape index (κ2) is 5.55. The topological polar surface area (TPSA) is 64.3 Å². The lowest BCUT2D eigenvalue weighted by Crippen LogP contribution is -2.26. The Bertz CT molecular complexity index is 384. The maximum Gasteiger partial charge on any atom is 0.219 e. The first-order valence-corrected chi connectivity index (χ1v) is 6.93. The molecule has 0 radical (unpaired) electrons. The summed E-state index contributed by atoms with van der Waals surface area (Å²) in [6, 6.07) is 2.42. The summed E-state index contributed by atoms with van der Waals surface area (Å²) in [6.07, 6.45) is 4.54. The van der Waals surface area contributed by atoms with Crippen molar-refractivity contribution in [3.8, 4) is 5.88 Å². The first-order chi connectivity index (χ1) is 8.19. The number of anilines is 1. The number of aromatic nitrogens is 2. The van der Waals surface area contributed by atoms with Gasteiger partial charge in [-0.2, -0.15) is 4.98 Å². The standard InChI is InChI=1S/C11H18N4OS/c1-15(8-3-4-8)5-6-16-10-7-9(12)13-11(14-10)17-2/h7-8H,3-6H2,1-2H3,(H2,12,13,14). The largest absolute Gasteiger partial charge is 0.476 e. The van der Waals surface area contributed by atoms with E-state index in [-0.39, 0.29) is 0 Å². The molecule has 1 heterocycles. The molecule has 1 aromatic rings. The normalized spacial score (nSPS) is 15.2. The fraction of sp³-hybridized carbons (Fsp3) is 0.636. The molecule has 0 saturated heterocycles. The lowest BCUT2D eigenvalue weighted by Gasteiger charge is -2.15. The summed E-state index contributed by atoms with van der Waals surface area (Å²) in [5.74, 6) is 1.01. The maximum absolute atomic E-state index is 5.67. The molecule has 5 nitrogen and oxygen atoms in total. The molecule has 1 aromatic heterocycles. The molecule has 0 amide bonds. The van der Waals surface area contributed by atoms with Crippen molar-refractivity contribution >= 4 is 17.6 Å². The van der Waals surface area contributed by atoms with Gasteiger partial charge in [0.05, 0.1) is 0 Å². The quantitative estimate of drug-likeness (QED) is 0.609. The Balaban J connectivity index is 1.83. The third-order valence-corrected chi connectivity index (χ3v) is 3.30. The van der Waals surface area contributed by atoms with E-state index in [0.29, 0.717) is 23.5 Å². The van der Waals surface area contributed by atoms with Crippen molar-refractivity contribution in [2.45, 2.75) is 24.0 Å². The van der Waals surface area contributed by atoms with E-state index < -0.39 is 0 Å². The molecule has 1 saturated carbocycles. The summed E-state index contributed by atoms with van der Waals surface area (Å²) in [5.41, 5.74) is 5.67. The van der Waals surface area contributed by atoms with Crippen molar-refractivity contribution in [2.75, 3.05) is 32.2 Å². The maximum atomic E-state index is 5.67. The van der Waals surface area contributed by atoms with E-state index >= 15 is 0 Å². The molecule has 0 unspecified atom stereocenters. The molecule has 0 atom stereocenters. The third-order valence-electron chi connectivity index (χ3n) is 2.75. The van der Waals surface area contributed by atoms with Crippen LogP contribution in [0.25, 0.3) is 0 Å². The number of nitrogen functional groups attached to an aromatic ring is 1. The van der Waals surface area contributed by atoms with Crippen molar-refractivity contribution in [3.63, 3.8) is 0 Å². The minimum absolute atomic E-state index is 0.454. The molecule has 6 heteroatoms. The summed E-state index contributed by atoms with van der Waals surface area (Å²) in [7, 11) is 2.13. The number of nitrogens with zero attached hydrogens (tertiary/aromatic N) is 3. The molecular formula is C11H18N4OS. The van der Waals surface area contributed by atoms with E-state index in [0.717, 1.165) is 12.6 Å². The van der Waals surface area contributed by atoms with Crippen molar-refractivity contribution in [2.24, 2.45) is 0 Å². The van der Waals surface area contributed by atoms with Crippen LogP contribution in [0.15, 0.2) is 11.2 Å². The van der Waals surface area contributed by atoms with E-state index in [2.05, 4.69) is 21.9 Å². The van der Waals surface area contributed by atoms with E-state index in [4.69, 9.17) is 10.5 Å². The van der Waals surface area contributed by atoms with Gasteiger partial charge in [-0.15, -0.1) is 0 Å². The van der Waals surface area contributed by atoms with Gasteiger partial charge in [-0.3, -0.25) is 0 Å². The monoisotopic (exact) mass is 254 g/mol. The predicted molar refractivity (Wildman–Crippen MR) is 69.4 cm³/mol. The fourth-order valence-electron chi connectivity index (χ4n) is 1.58. The van der Waals surface area contributed by atoms with Crippen molar-refractivity contribution < 1.29 is 4.74 Å². The number of rotatable bonds is 6. The zero-order valence-electron chi connectivity index (χ0n) is 10.2. The van der Waals surface area contributed by atoms with Gasteiger partial charge in [0.1, 0.15) is 12.4 Å². The molecule has 2 rings (SSSR count). The first kappa shape index (κ1) is 12.4. The van der Waals surface area contributed by atoms with Crippen LogP contribution in [0.3, 0.4) is 0 Å². The minimum Gasteiger partial charge on any atom is -0.476 e.